The molecule has 32 heavy (non-hydrogen) atoms. The van der Waals surface area contributed by atoms with Crippen LogP contribution in [0.2, 0.25) is 0 Å². The normalized spacial score (nSPS) is 14.4. The van der Waals surface area contributed by atoms with E-state index in [1.165, 1.54) is 31.4 Å². The number of carbonyl (C=O) groups is 1. The van der Waals surface area contributed by atoms with Crippen molar-refractivity contribution < 1.29 is 9.18 Å². The second-order valence-corrected chi connectivity index (χ2v) is 8.14. The van der Waals surface area contributed by atoms with Gasteiger partial charge in [-0.05, 0) is 61.4 Å². The third kappa shape index (κ3) is 4.32. The van der Waals surface area contributed by atoms with Crippen LogP contribution in [0.15, 0.2) is 66.7 Å². The van der Waals surface area contributed by atoms with Crippen LogP contribution < -0.4 is 10.6 Å². The highest BCUT2D eigenvalue weighted by Crippen LogP contribution is 2.23. The van der Waals surface area contributed by atoms with Gasteiger partial charge in [-0.3, -0.25) is 4.79 Å². The van der Waals surface area contributed by atoms with Gasteiger partial charge in [-0.25, -0.2) is 8.91 Å². The van der Waals surface area contributed by atoms with Crippen molar-refractivity contribution in [2.75, 3.05) is 5.32 Å². The summed E-state index contributed by atoms with van der Waals surface area (Å²) >= 11 is 0. The zero-order valence-corrected chi connectivity index (χ0v) is 17.6. The van der Waals surface area contributed by atoms with Gasteiger partial charge in [0, 0.05) is 22.9 Å². The minimum Gasteiger partial charge on any atom is -0.349 e. The highest BCUT2D eigenvalue weighted by atomic mass is 19.1. The summed E-state index contributed by atoms with van der Waals surface area (Å²) in [6, 6.07) is 19.6. The minimum absolute atomic E-state index is 0.0333. The van der Waals surface area contributed by atoms with Crippen LogP contribution >= 0.6 is 0 Å². The van der Waals surface area contributed by atoms with Crippen molar-refractivity contribution in [3.8, 4) is 11.3 Å². The van der Waals surface area contributed by atoms with Gasteiger partial charge in [0.1, 0.15) is 5.82 Å². The molecule has 2 aromatic heterocycles. The highest BCUT2D eigenvalue weighted by molar-refractivity contribution is 5.94. The van der Waals surface area contributed by atoms with E-state index in [0.717, 1.165) is 29.8 Å². The molecule has 2 N–H and O–H groups in total. The van der Waals surface area contributed by atoms with E-state index in [9.17, 15) is 9.18 Å². The van der Waals surface area contributed by atoms with E-state index in [0.29, 0.717) is 17.2 Å². The quantitative estimate of drug-likeness (QED) is 0.449. The molecular weight excluding hydrogens is 405 g/mol. The number of halogens is 1. The molecule has 1 amide bonds. The molecule has 0 bridgehead atoms. The standard InChI is InChI=1S/C25H24FN5O/c26-19-7-4-6-18(16-19)22-10-5-11-23-29-25(30-31(22)23)28-21-14-12-17(13-15-21)24(32)27-20-8-2-1-3-9-20/h4-7,10-16,20H,1-3,8-9H2,(H,27,32)(H,28,30). The van der Waals surface area contributed by atoms with E-state index in [1.54, 1.807) is 22.7 Å². The summed E-state index contributed by atoms with van der Waals surface area (Å²) in [6.45, 7) is 0. The lowest BCUT2D eigenvalue weighted by Crippen LogP contribution is -2.36. The van der Waals surface area contributed by atoms with Gasteiger partial charge >= 0.3 is 0 Å². The maximum Gasteiger partial charge on any atom is 0.251 e. The van der Waals surface area contributed by atoms with Crippen LogP contribution in [0.1, 0.15) is 42.5 Å². The van der Waals surface area contributed by atoms with Crippen LogP contribution in [0.3, 0.4) is 0 Å². The highest BCUT2D eigenvalue weighted by Gasteiger charge is 2.16. The zero-order chi connectivity index (χ0) is 21.9. The van der Waals surface area contributed by atoms with E-state index < -0.39 is 0 Å². The van der Waals surface area contributed by atoms with Gasteiger partial charge in [0.2, 0.25) is 5.95 Å². The number of nitrogens with one attached hydrogen (secondary N) is 2. The Balaban J connectivity index is 1.32. The summed E-state index contributed by atoms with van der Waals surface area (Å²) in [5, 5.41) is 10.9. The number of benzene rings is 2. The van der Waals surface area contributed by atoms with Crippen molar-refractivity contribution in [2.24, 2.45) is 0 Å². The Morgan fingerprint density at radius 3 is 2.53 bits per heavy atom. The van der Waals surface area contributed by atoms with Crippen LogP contribution in [0.5, 0.6) is 0 Å². The number of nitrogens with zero attached hydrogens (tertiary/aromatic N) is 3. The maximum atomic E-state index is 13.7. The molecule has 4 aromatic rings. The summed E-state index contributed by atoms with van der Waals surface area (Å²) < 4.78 is 15.4. The Kier molecular flexibility index (Phi) is 5.54. The fraction of sp³-hybridized carbons (Fsp3) is 0.240. The number of carbonyl (C=O) groups excluding carboxylic acids is 1. The lowest BCUT2D eigenvalue weighted by atomic mass is 9.95. The second-order valence-electron chi connectivity index (χ2n) is 8.14. The van der Waals surface area contributed by atoms with Crippen LogP contribution in [-0.4, -0.2) is 26.5 Å². The van der Waals surface area contributed by atoms with E-state index in [2.05, 4.69) is 20.7 Å². The lowest BCUT2D eigenvalue weighted by Gasteiger charge is -2.22. The van der Waals surface area contributed by atoms with E-state index in [4.69, 9.17) is 0 Å². The second kappa shape index (κ2) is 8.78. The third-order valence-corrected chi connectivity index (χ3v) is 5.82. The molecular formula is C25H24FN5O. The van der Waals surface area contributed by atoms with Crippen LogP contribution in [0.4, 0.5) is 16.0 Å². The molecule has 0 radical (unpaired) electrons. The van der Waals surface area contributed by atoms with Crippen molar-refractivity contribution in [3.05, 3.63) is 78.1 Å². The summed E-state index contributed by atoms with van der Waals surface area (Å²) in [4.78, 5) is 17.0. The average molecular weight is 429 g/mol. The molecule has 7 heteroatoms. The fourth-order valence-electron chi connectivity index (χ4n) is 4.17. The zero-order valence-electron chi connectivity index (χ0n) is 17.6. The van der Waals surface area contributed by atoms with E-state index in [1.807, 2.05) is 36.4 Å². The van der Waals surface area contributed by atoms with Crippen molar-refractivity contribution in [3.63, 3.8) is 0 Å². The van der Waals surface area contributed by atoms with Gasteiger partial charge < -0.3 is 10.6 Å². The molecule has 0 spiro atoms. The van der Waals surface area contributed by atoms with Gasteiger partial charge in [0.15, 0.2) is 5.65 Å². The van der Waals surface area contributed by atoms with E-state index in [-0.39, 0.29) is 17.8 Å². The summed E-state index contributed by atoms with van der Waals surface area (Å²) in [6.07, 6.45) is 5.74. The van der Waals surface area contributed by atoms with Crippen molar-refractivity contribution in [1.82, 2.24) is 19.9 Å². The molecule has 1 aliphatic carbocycles. The Morgan fingerprint density at radius 2 is 1.75 bits per heavy atom. The first kappa shape index (κ1) is 20.2. The molecule has 162 valence electrons. The lowest BCUT2D eigenvalue weighted by molar-refractivity contribution is 0.0927. The average Bonchev–Trinajstić information content (AvgIpc) is 3.22. The van der Waals surface area contributed by atoms with Crippen LogP contribution in [0, 0.1) is 5.82 Å². The molecule has 0 aliphatic heterocycles. The molecule has 0 atom stereocenters. The fourth-order valence-corrected chi connectivity index (χ4v) is 4.17. The number of amides is 1. The van der Waals surface area contributed by atoms with Crippen molar-refractivity contribution in [1.29, 1.82) is 0 Å². The number of pyridine rings is 1. The van der Waals surface area contributed by atoms with Gasteiger partial charge in [-0.1, -0.05) is 37.5 Å². The molecule has 1 aliphatic rings. The molecule has 5 rings (SSSR count). The Hall–Kier alpha value is -3.74. The first-order valence-corrected chi connectivity index (χ1v) is 11.0. The monoisotopic (exact) mass is 429 g/mol. The first-order chi connectivity index (χ1) is 15.7. The largest absolute Gasteiger partial charge is 0.349 e. The van der Waals surface area contributed by atoms with Crippen LogP contribution in [-0.2, 0) is 0 Å². The summed E-state index contributed by atoms with van der Waals surface area (Å²) in [7, 11) is 0. The minimum atomic E-state index is -0.300. The molecule has 1 fully saturated rings. The number of fused-ring (bicyclic) bond motifs is 1. The topological polar surface area (TPSA) is 71.3 Å². The third-order valence-electron chi connectivity index (χ3n) is 5.82. The van der Waals surface area contributed by atoms with Crippen molar-refractivity contribution >= 4 is 23.2 Å². The Morgan fingerprint density at radius 1 is 0.969 bits per heavy atom. The van der Waals surface area contributed by atoms with Gasteiger partial charge in [-0.2, -0.15) is 4.98 Å². The van der Waals surface area contributed by atoms with Gasteiger partial charge in [0.05, 0.1) is 5.69 Å². The molecule has 1 saturated carbocycles. The first-order valence-electron chi connectivity index (χ1n) is 11.0. The number of hydrogen-bond acceptors (Lipinski definition) is 4. The summed E-state index contributed by atoms with van der Waals surface area (Å²) in [5.74, 6) is 0.0906. The number of rotatable bonds is 5. The summed E-state index contributed by atoms with van der Waals surface area (Å²) in [5.41, 5.74) is 3.54. The molecule has 0 saturated heterocycles. The SMILES string of the molecule is O=C(NC1CCCCC1)c1ccc(Nc2nc3cccc(-c4cccc(F)c4)n3n2)cc1. The van der Waals surface area contributed by atoms with Gasteiger partial charge in [0.25, 0.3) is 5.91 Å². The van der Waals surface area contributed by atoms with Crippen molar-refractivity contribution in [2.45, 2.75) is 38.1 Å². The molecule has 2 aromatic carbocycles. The molecule has 0 unspecified atom stereocenters. The number of anilines is 2. The Labute approximate surface area is 185 Å². The predicted molar refractivity (Wildman–Crippen MR) is 122 cm³/mol. The number of hydrogen-bond donors (Lipinski definition) is 2. The molecule has 6 nitrogen and oxygen atoms in total. The smallest absolute Gasteiger partial charge is 0.251 e. The predicted octanol–water partition coefficient (Wildman–Crippen LogP) is 5.34. The maximum absolute atomic E-state index is 13.7. The Bertz CT molecular complexity index is 1240. The molecule has 2 heterocycles. The van der Waals surface area contributed by atoms with Gasteiger partial charge in [-0.15, -0.1) is 5.10 Å². The van der Waals surface area contributed by atoms with E-state index >= 15 is 0 Å². The number of aromatic nitrogens is 3. The van der Waals surface area contributed by atoms with Crippen LogP contribution in [0.25, 0.3) is 16.9 Å².